The predicted molar refractivity (Wildman–Crippen MR) is 66.1 cm³/mol. The molecule has 1 fully saturated rings. The minimum atomic E-state index is -0.937. The largest absolute Gasteiger partial charge is 0.304 e. The molecule has 7 nitrogen and oxygen atoms in total. The van der Waals surface area contributed by atoms with Gasteiger partial charge in [0, 0.05) is 12.6 Å². The van der Waals surface area contributed by atoms with Gasteiger partial charge in [-0.25, -0.2) is 0 Å². The van der Waals surface area contributed by atoms with Crippen LogP contribution >= 0.6 is 0 Å². The second kappa shape index (κ2) is 5.33. The van der Waals surface area contributed by atoms with E-state index < -0.39 is 34.3 Å². The van der Waals surface area contributed by atoms with E-state index in [1.165, 1.54) is 6.07 Å². The standard InChI is InChI=1S/C12H12FN3O4/c1-7-12(18)14-11(17)6-15(7)5-8-2-3-10(16(19)20)9(13)4-8/h2-4,7H,5-6H2,1H3,(H,14,17,18). The lowest BCUT2D eigenvalue weighted by molar-refractivity contribution is -0.387. The molecule has 1 N–H and O–H groups in total. The number of nitrogens with one attached hydrogen (secondary N) is 1. The van der Waals surface area contributed by atoms with Gasteiger partial charge in [0.2, 0.25) is 17.6 Å². The molecule has 0 aromatic heterocycles. The van der Waals surface area contributed by atoms with E-state index in [1.54, 1.807) is 11.8 Å². The molecule has 1 aromatic rings. The monoisotopic (exact) mass is 281 g/mol. The number of carbonyl (C=O) groups excluding carboxylic acids is 2. The van der Waals surface area contributed by atoms with E-state index in [4.69, 9.17) is 0 Å². The van der Waals surface area contributed by atoms with Gasteiger partial charge in [-0.3, -0.25) is 29.9 Å². The molecule has 0 bridgehead atoms. The van der Waals surface area contributed by atoms with Gasteiger partial charge in [-0.15, -0.1) is 0 Å². The highest BCUT2D eigenvalue weighted by Crippen LogP contribution is 2.20. The van der Waals surface area contributed by atoms with Crippen LogP contribution in [0.25, 0.3) is 0 Å². The number of amides is 2. The highest BCUT2D eigenvalue weighted by molar-refractivity contribution is 6.00. The van der Waals surface area contributed by atoms with Crippen LogP contribution < -0.4 is 5.32 Å². The Balaban J connectivity index is 2.17. The summed E-state index contributed by atoms with van der Waals surface area (Å²) in [5.74, 6) is -1.77. The molecule has 1 saturated heterocycles. The number of nitro groups is 1. The smallest absolute Gasteiger partial charge is 0.294 e. The number of imide groups is 1. The van der Waals surface area contributed by atoms with Crippen molar-refractivity contribution in [3.63, 3.8) is 0 Å². The lowest BCUT2D eigenvalue weighted by atomic mass is 10.1. The third-order valence-electron chi connectivity index (χ3n) is 3.13. The van der Waals surface area contributed by atoms with Gasteiger partial charge in [0.25, 0.3) is 0 Å². The molecule has 8 heteroatoms. The van der Waals surface area contributed by atoms with E-state index in [-0.39, 0.29) is 13.1 Å². The third kappa shape index (κ3) is 2.80. The van der Waals surface area contributed by atoms with E-state index in [9.17, 15) is 24.1 Å². The molecule has 106 valence electrons. The fourth-order valence-electron chi connectivity index (χ4n) is 1.99. The van der Waals surface area contributed by atoms with Crippen molar-refractivity contribution < 1.29 is 18.9 Å². The van der Waals surface area contributed by atoms with E-state index in [0.717, 1.165) is 12.1 Å². The maximum Gasteiger partial charge on any atom is 0.304 e. The fraction of sp³-hybridized carbons (Fsp3) is 0.333. The summed E-state index contributed by atoms with van der Waals surface area (Å²) >= 11 is 0. The van der Waals surface area contributed by atoms with Crippen LogP contribution in [-0.4, -0.2) is 34.2 Å². The zero-order chi connectivity index (χ0) is 14.9. The summed E-state index contributed by atoms with van der Waals surface area (Å²) in [7, 11) is 0. The summed E-state index contributed by atoms with van der Waals surface area (Å²) in [4.78, 5) is 34.1. The number of benzene rings is 1. The lowest BCUT2D eigenvalue weighted by Gasteiger charge is -2.31. The van der Waals surface area contributed by atoms with Crippen molar-refractivity contribution in [1.29, 1.82) is 0 Å². The fourth-order valence-corrected chi connectivity index (χ4v) is 1.99. The molecule has 2 rings (SSSR count). The van der Waals surface area contributed by atoms with E-state index >= 15 is 0 Å². The van der Waals surface area contributed by atoms with Gasteiger partial charge in [-0.1, -0.05) is 6.07 Å². The highest BCUT2D eigenvalue weighted by Gasteiger charge is 2.30. The maximum atomic E-state index is 13.5. The van der Waals surface area contributed by atoms with Gasteiger partial charge >= 0.3 is 5.69 Å². The summed E-state index contributed by atoms with van der Waals surface area (Å²) in [5.41, 5.74) is -0.142. The second-order valence-electron chi connectivity index (χ2n) is 4.54. The normalized spacial score (nSPS) is 19.8. The van der Waals surface area contributed by atoms with Crippen LogP contribution in [0.2, 0.25) is 0 Å². The molecule has 0 aliphatic carbocycles. The number of nitrogens with zero attached hydrogens (tertiary/aromatic N) is 2. The first-order valence-corrected chi connectivity index (χ1v) is 5.89. The average molecular weight is 281 g/mol. The summed E-state index contributed by atoms with van der Waals surface area (Å²) in [6.45, 7) is 1.81. The van der Waals surface area contributed by atoms with Crippen molar-refractivity contribution in [3.05, 3.63) is 39.7 Å². The molecule has 1 aliphatic heterocycles. The van der Waals surface area contributed by atoms with Gasteiger partial charge < -0.3 is 0 Å². The first-order chi connectivity index (χ1) is 9.38. The number of rotatable bonds is 3. The number of hydrogen-bond donors (Lipinski definition) is 1. The number of halogens is 1. The maximum absolute atomic E-state index is 13.5. The Bertz CT molecular complexity index is 590. The molecule has 1 unspecified atom stereocenters. The summed E-state index contributed by atoms with van der Waals surface area (Å²) < 4.78 is 13.5. The van der Waals surface area contributed by atoms with E-state index in [1.807, 2.05) is 0 Å². The SMILES string of the molecule is CC1C(=O)NC(=O)CN1Cc1ccc([N+](=O)[O-])c(F)c1. The highest BCUT2D eigenvalue weighted by atomic mass is 19.1. The van der Waals surface area contributed by atoms with Gasteiger partial charge in [0.15, 0.2) is 0 Å². The van der Waals surface area contributed by atoms with Crippen LogP contribution in [0.3, 0.4) is 0 Å². The Morgan fingerprint density at radius 3 is 2.80 bits per heavy atom. The van der Waals surface area contributed by atoms with Gasteiger partial charge in [0.1, 0.15) is 0 Å². The van der Waals surface area contributed by atoms with Crippen LogP contribution in [0.5, 0.6) is 0 Å². The molecular weight excluding hydrogens is 269 g/mol. The minimum absolute atomic E-state index is 0.0194. The lowest BCUT2D eigenvalue weighted by Crippen LogP contribution is -2.56. The third-order valence-corrected chi connectivity index (χ3v) is 3.13. The quantitative estimate of drug-likeness (QED) is 0.497. The molecule has 20 heavy (non-hydrogen) atoms. The van der Waals surface area contributed by atoms with Crippen molar-refractivity contribution in [1.82, 2.24) is 10.2 Å². The summed E-state index contributed by atoms with van der Waals surface area (Å²) in [6, 6.07) is 3.00. The first kappa shape index (κ1) is 14.1. The number of carbonyl (C=O) groups is 2. The molecule has 0 radical (unpaired) electrons. The van der Waals surface area contributed by atoms with Crippen LogP contribution in [0, 0.1) is 15.9 Å². The zero-order valence-corrected chi connectivity index (χ0v) is 10.6. The van der Waals surface area contributed by atoms with E-state index in [0.29, 0.717) is 5.56 Å². The summed E-state index contributed by atoms with van der Waals surface area (Å²) in [6.07, 6.45) is 0. The van der Waals surface area contributed by atoms with Gasteiger partial charge in [-0.2, -0.15) is 4.39 Å². The van der Waals surface area contributed by atoms with E-state index in [2.05, 4.69) is 5.32 Å². The first-order valence-electron chi connectivity index (χ1n) is 5.89. The van der Waals surface area contributed by atoms with Crippen LogP contribution in [-0.2, 0) is 16.1 Å². The molecule has 0 saturated carbocycles. The molecular formula is C12H12FN3O4. The Hall–Kier alpha value is -2.35. The topological polar surface area (TPSA) is 92.6 Å². The average Bonchev–Trinajstić information content (AvgIpc) is 2.35. The van der Waals surface area contributed by atoms with Crippen molar-refractivity contribution in [3.8, 4) is 0 Å². The van der Waals surface area contributed by atoms with Gasteiger partial charge in [0.05, 0.1) is 17.5 Å². The predicted octanol–water partition coefficient (Wildman–Crippen LogP) is 0.581. The number of hydrogen-bond acceptors (Lipinski definition) is 5. The van der Waals surface area contributed by atoms with Gasteiger partial charge in [-0.05, 0) is 18.6 Å². The molecule has 1 aliphatic rings. The Morgan fingerprint density at radius 2 is 2.20 bits per heavy atom. The minimum Gasteiger partial charge on any atom is -0.294 e. The van der Waals surface area contributed by atoms with Crippen molar-refractivity contribution in [2.24, 2.45) is 0 Å². The molecule has 1 aromatic carbocycles. The second-order valence-corrected chi connectivity index (χ2v) is 4.54. The summed E-state index contributed by atoms with van der Waals surface area (Å²) in [5, 5.41) is 12.7. The van der Waals surface area contributed by atoms with Crippen LogP contribution in [0.15, 0.2) is 18.2 Å². The molecule has 1 atom stereocenters. The van der Waals surface area contributed by atoms with Crippen molar-refractivity contribution in [2.45, 2.75) is 19.5 Å². The van der Waals surface area contributed by atoms with Crippen molar-refractivity contribution in [2.75, 3.05) is 6.54 Å². The van der Waals surface area contributed by atoms with Crippen LogP contribution in [0.1, 0.15) is 12.5 Å². The molecule has 1 heterocycles. The van der Waals surface area contributed by atoms with Crippen LogP contribution in [0.4, 0.5) is 10.1 Å². The molecule has 2 amide bonds. The van der Waals surface area contributed by atoms with Crippen molar-refractivity contribution >= 4 is 17.5 Å². The zero-order valence-electron chi connectivity index (χ0n) is 10.6. The molecule has 0 spiro atoms. The Morgan fingerprint density at radius 1 is 1.50 bits per heavy atom. The number of nitro benzene ring substituents is 1. The Labute approximate surface area is 113 Å². The Kier molecular flexibility index (Phi) is 3.75. The number of piperazine rings is 1.